The number of hydrogen-bond acceptors (Lipinski definition) is 5. The van der Waals surface area contributed by atoms with E-state index in [1.807, 2.05) is 6.07 Å². The van der Waals surface area contributed by atoms with Gasteiger partial charge in [0.25, 0.3) is 11.8 Å². The van der Waals surface area contributed by atoms with Crippen LogP contribution >= 0.6 is 0 Å². The molecular weight excluding hydrogens is 425 g/mol. The molecule has 0 spiro atoms. The Bertz CT molecular complexity index is 1260. The molecular formula is C24H20FN5O3. The summed E-state index contributed by atoms with van der Waals surface area (Å²) in [6.07, 6.45) is 4.81. The molecule has 0 unspecified atom stereocenters. The minimum Gasteiger partial charge on any atom is -0.459 e. The molecule has 0 bridgehead atoms. The Morgan fingerprint density at radius 2 is 1.64 bits per heavy atom. The largest absolute Gasteiger partial charge is 0.459 e. The number of halogens is 1. The number of benzene rings is 1. The van der Waals surface area contributed by atoms with Crippen LogP contribution in [-0.2, 0) is 0 Å². The minimum atomic E-state index is -0.355. The minimum absolute atomic E-state index is 0.188. The molecule has 3 aromatic heterocycles. The van der Waals surface area contributed by atoms with Gasteiger partial charge in [0.15, 0.2) is 11.5 Å². The van der Waals surface area contributed by atoms with Gasteiger partial charge in [0, 0.05) is 44.1 Å². The second kappa shape index (κ2) is 8.70. The monoisotopic (exact) mass is 445 g/mol. The van der Waals surface area contributed by atoms with Crippen molar-refractivity contribution in [3.8, 4) is 16.9 Å². The molecule has 0 N–H and O–H groups in total. The summed E-state index contributed by atoms with van der Waals surface area (Å²) in [6, 6.07) is 14.6. The van der Waals surface area contributed by atoms with Gasteiger partial charge in [0.05, 0.1) is 17.6 Å². The van der Waals surface area contributed by atoms with Crippen LogP contribution in [0.4, 0.5) is 4.39 Å². The van der Waals surface area contributed by atoms with Crippen molar-refractivity contribution in [3.63, 3.8) is 0 Å². The number of aromatic nitrogens is 3. The molecule has 166 valence electrons. The molecule has 4 aromatic rings. The molecule has 1 fully saturated rings. The summed E-state index contributed by atoms with van der Waals surface area (Å²) in [5, 5.41) is 4.54. The number of piperazine rings is 1. The lowest BCUT2D eigenvalue weighted by Gasteiger charge is -2.33. The van der Waals surface area contributed by atoms with E-state index in [4.69, 9.17) is 4.42 Å². The molecule has 33 heavy (non-hydrogen) atoms. The molecule has 1 aliphatic rings. The Hall–Kier alpha value is -4.27. The summed E-state index contributed by atoms with van der Waals surface area (Å²) in [7, 11) is 0. The van der Waals surface area contributed by atoms with E-state index in [9.17, 15) is 14.0 Å². The molecule has 8 nitrogen and oxygen atoms in total. The molecule has 1 aromatic carbocycles. The van der Waals surface area contributed by atoms with Crippen molar-refractivity contribution in [2.75, 3.05) is 26.2 Å². The fourth-order valence-electron chi connectivity index (χ4n) is 3.82. The molecule has 5 rings (SSSR count). The number of pyridine rings is 1. The van der Waals surface area contributed by atoms with E-state index in [2.05, 4.69) is 10.1 Å². The lowest BCUT2D eigenvalue weighted by atomic mass is 10.2. The quantitative estimate of drug-likeness (QED) is 0.481. The molecule has 0 radical (unpaired) electrons. The second-order valence-corrected chi connectivity index (χ2v) is 7.61. The molecule has 1 saturated heterocycles. The third-order valence-corrected chi connectivity index (χ3v) is 5.54. The molecule has 0 atom stereocenters. The highest BCUT2D eigenvalue weighted by atomic mass is 19.1. The van der Waals surface area contributed by atoms with Gasteiger partial charge in [-0.25, -0.2) is 9.07 Å². The molecule has 0 saturated carbocycles. The van der Waals surface area contributed by atoms with Crippen LogP contribution in [0.1, 0.15) is 21.0 Å². The Kier molecular flexibility index (Phi) is 5.43. The summed E-state index contributed by atoms with van der Waals surface area (Å²) in [5.74, 6) is -0.487. The van der Waals surface area contributed by atoms with Crippen LogP contribution in [-0.4, -0.2) is 62.6 Å². The third kappa shape index (κ3) is 4.12. The lowest BCUT2D eigenvalue weighted by molar-refractivity contribution is 0.0515. The highest BCUT2D eigenvalue weighted by Gasteiger charge is 2.28. The number of rotatable bonds is 4. The number of hydrogen-bond donors (Lipinski definition) is 0. The van der Waals surface area contributed by atoms with E-state index >= 15 is 0 Å². The first-order chi connectivity index (χ1) is 16.1. The van der Waals surface area contributed by atoms with Crippen LogP contribution < -0.4 is 0 Å². The van der Waals surface area contributed by atoms with Crippen molar-refractivity contribution in [2.45, 2.75) is 0 Å². The van der Waals surface area contributed by atoms with Crippen molar-refractivity contribution in [1.29, 1.82) is 0 Å². The number of carbonyl (C=O) groups is 2. The van der Waals surface area contributed by atoms with Gasteiger partial charge in [-0.15, -0.1) is 0 Å². The van der Waals surface area contributed by atoms with E-state index in [0.29, 0.717) is 37.6 Å². The predicted octanol–water partition coefficient (Wildman–Crippen LogP) is 3.26. The lowest BCUT2D eigenvalue weighted by Crippen LogP contribution is -2.50. The second-order valence-electron chi connectivity index (χ2n) is 7.61. The zero-order valence-electron chi connectivity index (χ0n) is 17.6. The fourth-order valence-corrected chi connectivity index (χ4v) is 3.82. The van der Waals surface area contributed by atoms with Crippen LogP contribution in [0.25, 0.3) is 16.9 Å². The normalized spacial score (nSPS) is 13.8. The Labute approximate surface area is 188 Å². The first-order valence-electron chi connectivity index (χ1n) is 10.5. The van der Waals surface area contributed by atoms with E-state index in [-0.39, 0.29) is 29.1 Å². The van der Waals surface area contributed by atoms with Gasteiger partial charge in [-0.05, 0) is 54.6 Å². The van der Waals surface area contributed by atoms with Gasteiger partial charge in [-0.3, -0.25) is 14.6 Å². The maximum atomic E-state index is 13.4. The zero-order valence-corrected chi connectivity index (χ0v) is 17.6. The standard InChI is InChI=1S/C24H20FN5O3/c25-18-5-7-19(8-6-18)30-21(17-3-1-9-26-16-17)15-20(27-30)23(31)28-10-12-29(13-11-28)24(32)22-4-2-14-33-22/h1-9,14-16H,10-13H2. The van der Waals surface area contributed by atoms with Crippen molar-refractivity contribution in [3.05, 3.63) is 90.5 Å². The average molecular weight is 445 g/mol. The van der Waals surface area contributed by atoms with Gasteiger partial charge < -0.3 is 14.2 Å². The Balaban J connectivity index is 1.38. The number of amides is 2. The molecule has 2 amide bonds. The van der Waals surface area contributed by atoms with Gasteiger partial charge in [-0.2, -0.15) is 5.10 Å². The van der Waals surface area contributed by atoms with Crippen LogP contribution in [0.5, 0.6) is 0 Å². The Morgan fingerprint density at radius 1 is 0.909 bits per heavy atom. The summed E-state index contributed by atoms with van der Waals surface area (Å²) >= 11 is 0. The van der Waals surface area contributed by atoms with E-state index in [0.717, 1.165) is 5.56 Å². The van der Waals surface area contributed by atoms with Crippen molar-refractivity contribution >= 4 is 11.8 Å². The smallest absolute Gasteiger partial charge is 0.289 e. The maximum absolute atomic E-state index is 13.4. The van der Waals surface area contributed by atoms with Crippen molar-refractivity contribution < 1.29 is 18.4 Å². The Morgan fingerprint density at radius 3 is 2.27 bits per heavy atom. The predicted molar refractivity (Wildman–Crippen MR) is 117 cm³/mol. The first-order valence-corrected chi connectivity index (χ1v) is 10.5. The summed E-state index contributed by atoms with van der Waals surface area (Å²) in [4.78, 5) is 33.2. The molecule has 1 aliphatic heterocycles. The van der Waals surface area contributed by atoms with Gasteiger partial charge in [0.2, 0.25) is 0 Å². The summed E-state index contributed by atoms with van der Waals surface area (Å²) in [5.41, 5.74) is 2.35. The van der Waals surface area contributed by atoms with Gasteiger partial charge in [0.1, 0.15) is 5.82 Å². The highest BCUT2D eigenvalue weighted by molar-refractivity contribution is 5.94. The molecule has 9 heteroatoms. The summed E-state index contributed by atoms with van der Waals surface area (Å²) in [6.45, 7) is 1.58. The van der Waals surface area contributed by atoms with Gasteiger partial charge in [-0.1, -0.05) is 0 Å². The average Bonchev–Trinajstić information content (AvgIpc) is 3.55. The topological polar surface area (TPSA) is 84.5 Å². The van der Waals surface area contributed by atoms with Crippen LogP contribution in [0.15, 0.2) is 77.7 Å². The van der Waals surface area contributed by atoms with E-state index in [1.165, 1.54) is 18.4 Å². The number of furan rings is 1. The van der Waals surface area contributed by atoms with Crippen molar-refractivity contribution in [1.82, 2.24) is 24.6 Å². The number of carbonyl (C=O) groups excluding carboxylic acids is 2. The zero-order chi connectivity index (χ0) is 22.8. The highest BCUT2D eigenvalue weighted by Crippen LogP contribution is 2.24. The maximum Gasteiger partial charge on any atom is 0.289 e. The molecule has 0 aliphatic carbocycles. The van der Waals surface area contributed by atoms with Crippen LogP contribution in [0.3, 0.4) is 0 Å². The van der Waals surface area contributed by atoms with E-state index < -0.39 is 0 Å². The third-order valence-electron chi connectivity index (χ3n) is 5.54. The molecule has 4 heterocycles. The first kappa shape index (κ1) is 20.6. The summed E-state index contributed by atoms with van der Waals surface area (Å²) < 4.78 is 20.2. The van der Waals surface area contributed by atoms with Crippen molar-refractivity contribution in [2.24, 2.45) is 0 Å². The fraction of sp³-hybridized carbons (Fsp3) is 0.167. The van der Waals surface area contributed by atoms with E-state index in [1.54, 1.807) is 63.3 Å². The SMILES string of the molecule is O=C(c1cc(-c2cccnc2)n(-c2ccc(F)cc2)n1)N1CCN(C(=O)c2ccco2)CC1. The number of nitrogens with zero attached hydrogens (tertiary/aromatic N) is 5. The van der Waals surface area contributed by atoms with Gasteiger partial charge >= 0.3 is 0 Å². The van der Waals surface area contributed by atoms with Crippen LogP contribution in [0.2, 0.25) is 0 Å². The van der Waals surface area contributed by atoms with Crippen LogP contribution in [0, 0.1) is 5.82 Å².